The molecule has 1 aromatic heterocycles. The fourth-order valence-corrected chi connectivity index (χ4v) is 1.13. The minimum Gasteiger partial charge on any atom is -0.369 e. The second-order valence-corrected chi connectivity index (χ2v) is 3.99. The summed E-state index contributed by atoms with van der Waals surface area (Å²) in [5, 5.41) is 0. The van der Waals surface area contributed by atoms with Crippen LogP contribution in [0, 0.1) is 0 Å². The molecule has 114 valence electrons. The summed E-state index contributed by atoms with van der Waals surface area (Å²) < 4.78 is 74.7. The van der Waals surface area contributed by atoms with E-state index >= 15 is 0 Å². The fraction of sp³-hybridized carbons (Fsp3) is 0.667. The van der Waals surface area contributed by atoms with Gasteiger partial charge < -0.3 is 5.73 Å². The number of hydrogen-bond acceptors (Lipinski definition) is 4. The van der Waals surface area contributed by atoms with Crippen LogP contribution in [0.4, 0.5) is 32.3 Å². The molecule has 5 nitrogen and oxygen atoms in total. The molecule has 0 spiro atoms. The Morgan fingerprint density at radius 2 is 1.70 bits per heavy atom. The van der Waals surface area contributed by atoms with Crippen molar-refractivity contribution in [2.24, 2.45) is 4.99 Å². The standard InChI is InChI=1S/C9H11F6N5/c1-4(8(10,11)12)18-7-17-3-20(6(16)19-7)5(2)9(13,14)15/h3-5H,1-2H3,(H2,16,18,19)/t4-,5-/m1/s1. The smallest absolute Gasteiger partial charge is 0.369 e. The predicted octanol–water partition coefficient (Wildman–Crippen LogP) is 1.84. The molecule has 1 heterocycles. The zero-order valence-electron chi connectivity index (χ0n) is 10.4. The number of alkyl halides is 6. The van der Waals surface area contributed by atoms with Crippen molar-refractivity contribution in [1.82, 2.24) is 14.5 Å². The SMILES string of the molecule is C[C@@H](N=c1ncn([C@H](C)C(F)(F)F)c(N)n1)C(F)(F)F. The lowest BCUT2D eigenvalue weighted by atomic mass is 10.3. The third-order valence-corrected chi connectivity index (χ3v) is 2.45. The molecule has 0 fully saturated rings. The highest BCUT2D eigenvalue weighted by atomic mass is 19.4. The Morgan fingerprint density at radius 1 is 1.15 bits per heavy atom. The fourth-order valence-electron chi connectivity index (χ4n) is 1.13. The molecule has 1 aromatic rings. The van der Waals surface area contributed by atoms with E-state index < -0.39 is 36.0 Å². The largest absolute Gasteiger partial charge is 0.410 e. The lowest BCUT2D eigenvalue weighted by Crippen LogP contribution is -2.32. The summed E-state index contributed by atoms with van der Waals surface area (Å²) in [4.78, 5) is 9.79. The summed E-state index contributed by atoms with van der Waals surface area (Å²) in [5.41, 5.74) is 4.65. The Bertz CT molecular complexity index is 531. The zero-order valence-corrected chi connectivity index (χ0v) is 10.4. The van der Waals surface area contributed by atoms with E-state index in [4.69, 9.17) is 5.73 Å². The first-order valence-corrected chi connectivity index (χ1v) is 5.31. The summed E-state index contributed by atoms with van der Waals surface area (Å²) in [6, 6.07) is -4.09. The van der Waals surface area contributed by atoms with E-state index in [1.165, 1.54) is 0 Å². The molecule has 0 unspecified atom stereocenters. The molecule has 2 N–H and O–H groups in total. The van der Waals surface area contributed by atoms with E-state index in [0.717, 1.165) is 13.8 Å². The molecule has 20 heavy (non-hydrogen) atoms. The zero-order chi connectivity index (χ0) is 15.7. The maximum atomic E-state index is 12.5. The number of hydrogen-bond donors (Lipinski definition) is 1. The Morgan fingerprint density at radius 3 is 2.10 bits per heavy atom. The van der Waals surface area contributed by atoms with Gasteiger partial charge in [0, 0.05) is 0 Å². The Labute approximate surface area is 109 Å². The first-order chi connectivity index (χ1) is 8.93. The van der Waals surface area contributed by atoms with Crippen molar-refractivity contribution in [3.63, 3.8) is 0 Å². The lowest BCUT2D eigenvalue weighted by Gasteiger charge is -2.19. The summed E-state index contributed by atoms with van der Waals surface area (Å²) in [5.74, 6) is -0.627. The predicted molar refractivity (Wildman–Crippen MR) is 56.3 cm³/mol. The topological polar surface area (TPSA) is 69.1 Å². The van der Waals surface area contributed by atoms with Crippen molar-refractivity contribution in [2.75, 3.05) is 5.73 Å². The molecule has 0 aliphatic heterocycles. The monoisotopic (exact) mass is 303 g/mol. The third-order valence-electron chi connectivity index (χ3n) is 2.45. The molecule has 0 bridgehead atoms. The first kappa shape index (κ1) is 16.2. The molecule has 2 atom stereocenters. The highest BCUT2D eigenvalue weighted by Gasteiger charge is 2.38. The van der Waals surface area contributed by atoms with Crippen molar-refractivity contribution < 1.29 is 26.3 Å². The van der Waals surface area contributed by atoms with E-state index in [1.54, 1.807) is 0 Å². The number of anilines is 1. The van der Waals surface area contributed by atoms with Crippen LogP contribution in [0.3, 0.4) is 0 Å². The van der Waals surface area contributed by atoms with Gasteiger partial charge in [-0.3, -0.25) is 4.57 Å². The normalized spacial score (nSPS) is 17.1. The average molecular weight is 303 g/mol. The van der Waals surface area contributed by atoms with E-state index in [9.17, 15) is 26.3 Å². The van der Waals surface area contributed by atoms with E-state index in [1.807, 2.05) is 0 Å². The van der Waals surface area contributed by atoms with Crippen LogP contribution in [0.15, 0.2) is 11.3 Å². The summed E-state index contributed by atoms with van der Waals surface area (Å²) >= 11 is 0. The molecule has 0 aromatic carbocycles. The third kappa shape index (κ3) is 3.84. The molecule has 0 aliphatic carbocycles. The van der Waals surface area contributed by atoms with Gasteiger partial charge in [-0.15, -0.1) is 0 Å². The number of nitrogens with two attached hydrogens (primary N) is 1. The summed E-state index contributed by atoms with van der Waals surface area (Å²) in [7, 11) is 0. The number of rotatable bonds is 2. The van der Waals surface area contributed by atoms with Gasteiger partial charge in [0.15, 0.2) is 0 Å². The van der Waals surface area contributed by atoms with Gasteiger partial charge in [0.1, 0.15) is 18.4 Å². The van der Waals surface area contributed by atoms with Gasteiger partial charge in [0.05, 0.1) is 0 Å². The number of nitrogen functional groups attached to an aromatic ring is 1. The molecule has 1 rings (SSSR count). The van der Waals surface area contributed by atoms with E-state index in [-0.39, 0.29) is 0 Å². The maximum Gasteiger partial charge on any atom is 0.410 e. The van der Waals surface area contributed by atoms with Crippen LogP contribution in [0.25, 0.3) is 0 Å². The van der Waals surface area contributed by atoms with Crippen molar-refractivity contribution in [3.8, 4) is 0 Å². The number of nitrogens with zero attached hydrogens (tertiary/aromatic N) is 4. The van der Waals surface area contributed by atoms with Gasteiger partial charge in [-0.1, -0.05) is 0 Å². The van der Waals surface area contributed by atoms with Gasteiger partial charge in [-0.2, -0.15) is 31.3 Å². The van der Waals surface area contributed by atoms with Gasteiger partial charge >= 0.3 is 12.4 Å². The highest BCUT2D eigenvalue weighted by molar-refractivity contribution is 5.15. The Hall–Kier alpha value is -1.81. The Kier molecular flexibility index (Phi) is 4.30. The molecular formula is C9H11F6N5. The highest BCUT2D eigenvalue weighted by Crippen LogP contribution is 2.30. The van der Waals surface area contributed by atoms with Crippen LogP contribution in [0.5, 0.6) is 0 Å². The summed E-state index contributed by atoms with van der Waals surface area (Å²) in [6.07, 6.45) is -8.52. The second kappa shape index (κ2) is 5.29. The van der Waals surface area contributed by atoms with Crippen molar-refractivity contribution in [1.29, 1.82) is 0 Å². The van der Waals surface area contributed by atoms with Gasteiger partial charge in [-0.25, -0.2) is 9.98 Å². The van der Waals surface area contributed by atoms with Crippen molar-refractivity contribution >= 4 is 5.95 Å². The Balaban J connectivity index is 3.15. The molecule has 0 saturated heterocycles. The van der Waals surface area contributed by atoms with Crippen LogP contribution in [-0.4, -0.2) is 32.9 Å². The van der Waals surface area contributed by atoms with E-state index in [2.05, 4.69) is 15.0 Å². The maximum absolute atomic E-state index is 12.5. The molecule has 0 aliphatic rings. The van der Waals surface area contributed by atoms with Crippen LogP contribution >= 0.6 is 0 Å². The van der Waals surface area contributed by atoms with Crippen LogP contribution in [0.2, 0.25) is 0 Å². The molecule has 0 saturated carbocycles. The number of halogens is 6. The minimum atomic E-state index is -4.59. The van der Waals surface area contributed by atoms with Gasteiger partial charge in [-0.05, 0) is 13.8 Å². The number of aromatic nitrogens is 3. The van der Waals surface area contributed by atoms with Crippen molar-refractivity contribution in [2.45, 2.75) is 38.3 Å². The van der Waals surface area contributed by atoms with Crippen molar-refractivity contribution in [3.05, 3.63) is 11.9 Å². The van der Waals surface area contributed by atoms with Gasteiger partial charge in [0.25, 0.3) is 0 Å². The molecule has 0 radical (unpaired) electrons. The average Bonchev–Trinajstić information content (AvgIpc) is 2.25. The van der Waals surface area contributed by atoms with Gasteiger partial charge in [0.2, 0.25) is 11.6 Å². The lowest BCUT2D eigenvalue weighted by molar-refractivity contribution is -0.162. The van der Waals surface area contributed by atoms with E-state index in [0.29, 0.717) is 10.9 Å². The van der Waals surface area contributed by atoms with Crippen LogP contribution in [-0.2, 0) is 0 Å². The first-order valence-electron chi connectivity index (χ1n) is 5.31. The van der Waals surface area contributed by atoms with Crippen LogP contribution < -0.4 is 11.4 Å². The van der Waals surface area contributed by atoms with Crippen LogP contribution in [0.1, 0.15) is 19.9 Å². The second-order valence-electron chi connectivity index (χ2n) is 3.99. The summed E-state index contributed by atoms with van der Waals surface area (Å²) in [6.45, 7) is 1.58. The molecule has 11 heteroatoms. The quantitative estimate of drug-likeness (QED) is 0.848. The minimum absolute atomic E-state index is 0.497. The molecule has 0 amide bonds. The molecular weight excluding hydrogens is 292 g/mol.